The number of Topliss-reactive ketones (excluding diaryl/α,β-unsaturated/α-hetero) is 1. The molecule has 1 N–H and O–H groups in total. The molecule has 0 aliphatic carbocycles. The Bertz CT molecular complexity index is 1160. The monoisotopic (exact) mass is 483 g/mol. The Morgan fingerprint density at radius 2 is 1.86 bits per heavy atom. The Morgan fingerprint density at radius 1 is 1.09 bits per heavy atom. The Labute approximate surface area is 203 Å². The normalized spacial score (nSPS) is 18.4. The Kier molecular flexibility index (Phi) is 7.16. The third-order valence-corrected chi connectivity index (χ3v) is 5.80. The van der Waals surface area contributed by atoms with E-state index in [1.54, 1.807) is 43.5 Å². The number of methoxy groups -OCH3 is 2. The summed E-state index contributed by atoms with van der Waals surface area (Å²) in [6.07, 6.45) is 0. The molecule has 35 heavy (non-hydrogen) atoms. The maximum Gasteiger partial charge on any atom is 0.295 e. The smallest absolute Gasteiger partial charge is 0.295 e. The first-order valence-electron chi connectivity index (χ1n) is 11.3. The van der Waals surface area contributed by atoms with Crippen LogP contribution in [0, 0.1) is 5.92 Å². The van der Waals surface area contributed by atoms with Gasteiger partial charge in [0.25, 0.3) is 11.7 Å². The lowest BCUT2D eigenvalue weighted by Crippen LogP contribution is -2.32. The van der Waals surface area contributed by atoms with Crippen LogP contribution in [-0.2, 0) is 14.3 Å². The molecule has 1 saturated heterocycles. The number of fused-ring (bicyclic) bond motifs is 1. The molecule has 2 aliphatic heterocycles. The molecule has 0 bridgehead atoms. The van der Waals surface area contributed by atoms with E-state index in [-0.39, 0.29) is 37.2 Å². The number of aliphatic hydroxyl groups is 1. The summed E-state index contributed by atoms with van der Waals surface area (Å²) < 4.78 is 27.3. The van der Waals surface area contributed by atoms with Crippen molar-refractivity contribution >= 4 is 17.4 Å². The average Bonchev–Trinajstić information content (AvgIpc) is 3.42. The summed E-state index contributed by atoms with van der Waals surface area (Å²) in [4.78, 5) is 27.6. The van der Waals surface area contributed by atoms with Gasteiger partial charge in [-0.25, -0.2) is 0 Å². The Hall–Kier alpha value is -3.72. The average molecular weight is 484 g/mol. The van der Waals surface area contributed by atoms with Crippen LogP contribution in [-0.4, -0.2) is 62.5 Å². The SMILES string of the molecule is COCCN1C(=O)C(=O)/C(=C(/O)c2ccc3c(c2)OCO3)C1c1ccc(OC)c(OCC(C)C)c1. The van der Waals surface area contributed by atoms with Crippen molar-refractivity contribution in [2.24, 2.45) is 5.92 Å². The largest absolute Gasteiger partial charge is 0.507 e. The van der Waals surface area contributed by atoms with E-state index < -0.39 is 17.7 Å². The third-order valence-electron chi connectivity index (χ3n) is 5.80. The molecule has 4 rings (SSSR count). The summed E-state index contributed by atoms with van der Waals surface area (Å²) >= 11 is 0. The van der Waals surface area contributed by atoms with Crippen LogP contribution in [0.3, 0.4) is 0 Å². The molecule has 0 aromatic heterocycles. The van der Waals surface area contributed by atoms with Crippen LogP contribution < -0.4 is 18.9 Å². The van der Waals surface area contributed by atoms with Gasteiger partial charge in [0.2, 0.25) is 6.79 Å². The number of aliphatic hydroxyl groups excluding tert-OH is 1. The molecule has 2 aliphatic rings. The maximum absolute atomic E-state index is 13.2. The van der Waals surface area contributed by atoms with E-state index in [0.717, 1.165) is 0 Å². The van der Waals surface area contributed by atoms with Crippen LogP contribution in [0.5, 0.6) is 23.0 Å². The fraction of sp³-hybridized carbons (Fsp3) is 0.385. The molecule has 1 unspecified atom stereocenters. The quantitative estimate of drug-likeness (QED) is 0.328. The van der Waals surface area contributed by atoms with Crippen LogP contribution in [0.15, 0.2) is 42.0 Å². The van der Waals surface area contributed by atoms with Crippen molar-refractivity contribution in [1.29, 1.82) is 0 Å². The highest BCUT2D eigenvalue weighted by Gasteiger charge is 2.46. The number of nitrogens with zero attached hydrogens (tertiary/aromatic N) is 1. The zero-order valence-electron chi connectivity index (χ0n) is 20.2. The van der Waals surface area contributed by atoms with Crippen molar-refractivity contribution in [1.82, 2.24) is 4.90 Å². The van der Waals surface area contributed by atoms with Crippen LogP contribution in [0.1, 0.15) is 31.0 Å². The molecule has 9 heteroatoms. The predicted octanol–water partition coefficient (Wildman–Crippen LogP) is 3.53. The van der Waals surface area contributed by atoms with Crippen molar-refractivity contribution in [3.8, 4) is 23.0 Å². The van der Waals surface area contributed by atoms with Gasteiger partial charge in [-0.2, -0.15) is 0 Å². The highest BCUT2D eigenvalue weighted by Crippen LogP contribution is 2.43. The van der Waals surface area contributed by atoms with Crippen LogP contribution in [0.4, 0.5) is 0 Å². The minimum Gasteiger partial charge on any atom is -0.507 e. The van der Waals surface area contributed by atoms with E-state index in [1.807, 2.05) is 13.8 Å². The number of carbonyl (C=O) groups excluding carboxylic acids is 2. The number of likely N-dealkylation sites (tertiary alicyclic amines) is 1. The lowest BCUT2D eigenvalue weighted by Gasteiger charge is -2.26. The zero-order valence-corrected chi connectivity index (χ0v) is 20.2. The summed E-state index contributed by atoms with van der Waals surface area (Å²) in [5.74, 6) is 0.497. The number of carbonyl (C=O) groups is 2. The molecule has 0 saturated carbocycles. The zero-order chi connectivity index (χ0) is 25.1. The van der Waals surface area contributed by atoms with Gasteiger partial charge in [-0.15, -0.1) is 0 Å². The van der Waals surface area contributed by atoms with Crippen molar-refractivity contribution < 1.29 is 38.4 Å². The van der Waals surface area contributed by atoms with E-state index >= 15 is 0 Å². The van der Waals surface area contributed by atoms with Gasteiger partial charge >= 0.3 is 0 Å². The van der Waals surface area contributed by atoms with Crippen LogP contribution >= 0.6 is 0 Å². The van der Waals surface area contributed by atoms with Crippen LogP contribution in [0.25, 0.3) is 5.76 Å². The van der Waals surface area contributed by atoms with Crippen molar-refractivity contribution in [2.45, 2.75) is 19.9 Å². The van der Waals surface area contributed by atoms with Crippen LogP contribution in [0.2, 0.25) is 0 Å². The minimum atomic E-state index is -0.845. The molecule has 2 heterocycles. The van der Waals surface area contributed by atoms with Gasteiger partial charge in [-0.3, -0.25) is 9.59 Å². The number of ketones is 1. The molecule has 1 fully saturated rings. The lowest BCUT2D eigenvalue weighted by atomic mass is 9.95. The van der Waals surface area contributed by atoms with Gasteiger partial charge in [0, 0.05) is 19.2 Å². The first-order chi connectivity index (χ1) is 16.8. The van der Waals surface area contributed by atoms with Gasteiger partial charge in [-0.05, 0) is 41.8 Å². The summed E-state index contributed by atoms with van der Waals surface area (Å²) in [6.45, 7) is 4.98. The number of benzene rings is 2. The maximum atomic E-state index is 13.2. The molecule has 2 aromatic carbocycles. The standard InChI is InChI=1S/C26H29NO8/c1-15(2)13-33-20-11-16(5-7-18(20)32-4)23-22(25(29)26(30)27(23)9-10-31-3)24(28)17-6-8-19-21(12-17)35-14-34-19/h5-8,11-12,15,23,28H,9-10,13-14H2,1-4H3/b24-22+. The predicted molar refractivity (Wildman–Crippen MR) is 127 cm³/mol. The second-order valence-corrected chi connectivity index (χ2v) is 8.67. The molecular weight excluding hydrogens is 454 g/mol. The van der Waals surface area contributed by atoms with E-state index in [0.29, 0.717) is 40.7 Å². The lowest BCUT2D eigenvalue weighted by molar-refractivity contribution is -0.140. The molecule has 0 radical (unpaired) electrons. The van der Waals surface area contributed by atoms with Crippen molar-refractivity contribution in [3.63, 3.8) is 0 Å². The molecule has 1 amide bonds. The van der Waals surface area contributed by atoms with E-state index in [2.05, 4.69) is 0 Å². The van der Waals surface area contributed by atoms with Gasteiger partial charge in [0.1, 0.15) is 5.76 Å². The number of hydrogen-bond acceptors (Lipinski definition) is 8. The molecule has 2 aromatic rings. The fourth-order valence-electron chi connectivity index (χ4n) is 4.08. The van der Waals surface area contributed by atoms with Crippen molar-refractivity contribution in [3.05, 3.63) is 53.1 Å². The second kappa shape index (κ2) is 10.3. The first kappa shape index (κ1) is 24.4. The molecule has 0 spiro atoms. The topological polar surface area (TPSA) is 104 Å². The molecule has 1 atom stereocenters. The number of ether oxygens (including phenoxy) is 5. The fourth-order valence-corrected chi connectivity index (χ4v) is 4.08. The minimum absolute atomic E-state index is 0.0232. The van der Waals surface area contributed by atoms with Crippen molar-refractivity contribution in [2.75, 3.05) is 40.8 Å². The van der Waals surface area contributed by atoms with Gasteiger partial charge < -0.3 is 33.7 Å². The summed E-state index contributed by atoms with van der Waals surface area (Å²) in [5.41, 5.74) is 0.917. The summed E-state index contributed by atoms with van der Waals surface area (Å²) in [6, 6.07) is 9.23. The van der Waals surface area contributed by atoms with E-state index in [4.69, 9.17) is 23.7 Å². The first-order valence-corrected chi connectivity index (χ1v) is 11.3. The highest BCUT2D eigenvalue weighted by atomic mass is 16.7. The molecule has 186 valence electrons. The second-order valence-electron chi connectivity index (χ2n) is 8.67. The number of amides is 1. The third kappa shape index (κ3) is 4.77. The Morgan fingerprint density at radius 3 is 2.57 bits per heavy atom. The molecule has 9 nitrogen and oxygen atoms in total. The van der Waals surface area contributed by atoms with Gasteiger partial charge in [0.15, 0.2) is 23.0 Å². The van der Waals surface area contributed by atoms with E-state index in [1.165, 1.54) is 12.0 Å². The number of rotatable bonds is 9. The number of hydrogen-bond donors (Lipinski definition) is 1. The highest BCUT2D eigenvalue weighted by molar-refractivity contribution is 6.46. The van der Waals surface area contributed by atoms with Gasteiger partial charge in [0.05, 0.1) is 31.9 Å². The summed E-state index contributed by atoms with van der Waals surface area (Å²) in [5, 5.41) is 11.3. The Balaban J connectivity index is 1.83. The van der Waals surface area contributed by atoms with Gasteiger partial charge in [-0.1, -0.05) is 19.9 Å². The van der Waals surface area contributed by atoms with E-state index in [9.17, 15) is 14.7 Å². The summed E-state index contributed by atoms with van der Waals surface area (Å²) in [7, 11) is 3.06. The molecular formula is C26H29NO8.